The second-order valence-corrected chi connectivity index (χ2v) is 19.1. The summed E-state index contributed by atoms with van der Waals surface area (Å²) in [5, 5.41) is 1.58. The summed E-state index contributed by atoms with van der Waals surface area (Å²) in [4.78, 5) is 60.3. The molecule has 54 heavy (non-hydrogen) atoms. The minimum atomic E-state index is -3.18. The predicted octanol–water partition coefficient (Wildman–Crippen LogP) is 4.65. The lowest BCUT2D eigenvalue weighted by atomic mass is 10.1. The molecule has 0 spiro atoms. The highest BCUT2D eigenvalue weighted by molar-refractivity contribution is 7.16. The van der Waals surface area contributed by atoms with Crippen molar-refractivity contribution in [3.63, 3.8) is 0 Å². The van der Waals surface area contributed by atoms with Gasteiger partial charge in [0, 0.05) is 0 Å². The molecule has 0 saturated carbocycles. The maximum absolute atomic E-state index is 13.8. The number of fused-ring (bicyclic) bond motifs is 1. The highest BCUT2D eigenvalue weighted by atomic mass is 32.1. The molecule has 1 aliphatic rings. The van der Waals surface area contributed by atoms with E-state index in [-0.39, 0.29) is 34.0 Å². The van der Waals surface area contributed by atoms with Gasteiger partial charge in [0.1, 0.15) is 10.8 Å². The first-order valence-corrected chi connectivity index (χ1v) is 20.0. The average Bonchev–Trinajstić information content (AvgIpc) is 3.67. The lowest BCUT2D eigenvalue weighted by molar-refractivity contribution is -0.0556. The molecule has 0 unspecified atom stereocenters. The Balaban J connectivity index is 1.37. The van der Waals surface area contributed by atoms with Crippen LogP contribution in [0.15, 0.2) is 131 Å². The third-order valence-corrected chi connectivity index (χ3v) is 15.4. The van der Waals surface area contributed by atoms with Crippen molar-refractivity contribution in [3.8, 4) is 0 Å². The number of benzene rings is 4. The summed E-state index contributed by atoms with van der Waals surface area (Å²) in [7, 11) is -3.18. The standard InChI is InChI=1S/C40H38N4O8SSi/c1-40(2,3)54(27-20-12-6-13-21-27,28-22-14-7-15-23-28)49-24-29-30(51-36(46)25-16-8-4-9-17-25)31(52-37(47)26-18-10-5-11-19-26)35(50-29)44-33-32(53-39(44)48)34(45)43-38(41)42-33/h4-23,29-31,35H,24H2,1-3H3,(H3,41,42,43,45)/t29-,30-,31-,35-/m1/s1. The summed E-state index contributed by atoms with van der Waals surface area (Å²) in [6.45, 7) is 6.24. The summed E-state index contributed by atoms with van der Waals surface area (Å²) >= 11 is 0.640. The highest BCUT2D eigenvalue weighted by Gasteiger charge is 2.55. The Labute approximate surface area is 315 Å². The van der Waals surface area contributed by atoms with Gasteiger partial charge in [-0.25, -0.2) is 9.59 Å². The van der Waals surface area contributed by atoms with Crippen molar-refractivity contribution in [2.45, 2.75) is 50.3 Å². The third-order valence-electron chi connectivity index (χ3n) is 9.42. The van der Waals surface area contributed by atoms with E-state index in [9.17, 15) is 19.2 Å². The number of thiazole rings is 1. The Morgan fingerprint density at radius 2 is 1.28 bits per heavy atom. The number of nitrogens with zero attached hydrogens (tertiary/aromatic N) is 2. The number of carbonyl (C=O) groups is 2. The van der Waals surface area contributed by atoms with Gasteiger partial charge in [0.15, 0.2) is 24.1 Å². The first kappa shape index (κ1) is 36.7. The molecule has 4 atom stereocenters. The van der Waals surface area contributed by atoms with Gasteiger partial charge in [-0.3, -0.25) is 19.1 Å². The van der Waals surface area contributed by atoms with Crippen molar-refractivity contribution >= 4 is 58.3 Å². The van der Waals surface area contributed by atoms with Crippen molar-refractivity contribution in [2.24, 2.45) is 0 Å². The number of anilines is 1. The van der Waals surface area contributed by atoms with Gasteiger partial charge < -0.3 is 24.4 Å². The zero-order valence-electron chi connectivity index (χ0n) is 29.7. The number of aromatic nitrogens is 3. The molecule has 3 heterocycles. The SMILES string of the molecule is CC(C)(C)[Si](OC[C@H]1O[C@@H](n2c(=O)sc3c(=O)[nH]c(N)nc32)[C@H](OC(=O)c2ccccc2)[C@@H]1OC(=O)c1ccccc1)(c1ccccc1)c1ccccc1. The number of nitrogens with two attached hydrogens (primary N) is 1. The molecular weight excluding hydrogens is 725 g/mol. The van der Waals surface area contributed by atoms with Crippen LogP contribution in [0.25, 0.3) is 10.3 Å². The smallest absolute Gasteiger partial charge is 0.338 e. The molecule has 3 N–H and O–H groups in total. The molecule has 1 saturated heterocycles. The quantitative estimate of drug-likeness (QED) is 0.148. The normalized spacial score (nSPS) is 18.7. The minimum Gasteiger partial charge on any atom is -0.452 e. The Bertz CT molecular complexity index is 2340. The Morgan fingerprint density at radius 1 is 0.796 bits per heavy atom. The van der Waals surface area contributed by atoms with Gasteiger partial charge in [0.05, 0.1) is 17.7 Å². The monoisotopic (exact) mass is 762 g/mol. The van der Waals surface area contributed by atoms with Gasteiger partial charge in [0.25, 0.3) is 13.9 Å². The minimum absolute atomic E-state index is 0.00391. The highest BCUT2D eigenvalue weighted by Crippen LogP contribution is 2.40. The number of H-pyrrole nitrogens is 1. The molecule has 276 valence electrons. The average molecular weight is 763 g/mol. The molecule has 4 aromatic carbocycles. The van der Waals surface area contributed by atoms with E-state index >= 15 is 0 Å². The van der Waals surface area contributed by atoms with Crippen molar-refractivity contribution < 1.29 is 28.2 Å². The maximum Gasteiger partial charge on any atom is 0.338 e. The molecule has 0 amide bonds. The number of hydrogen-bond donors (Lipinski definition) is 2. The molecule has 2 aromatic heterocycles. The molecule has 12 nitrogen and oxygen atoms in total. The van der Waals surface area contributed by atoms with Gasteiger partial charge in [-0.15, -0.1) is 0 Å². The number of carbonyl (C=O) groups excluding carboxylic acids is 2. The van der Waals surface area contributed by atoms with E-state index in [2.05, 4.69) is 30.7 Å². The van der Waals surface area contributed by atoms with Gasteiger partial charge in [-0.05, 0) is 39.7 Å². The van der Waals surface area contributed by atoms with Crippen LogP contribution in [0.1, 0.15) is 47.7 Å². The largest absolute Gasteiger partial charge is 0.452 e. The fourth-order valence-corrected chi connectivity index (χ4v) is 12.4. The van der Waals surface area contributed by atoms with Crippen molar-refractivity contribution in [1.82, 2.24) is 14.5 Å². The second kappa shape index (κ2) is 15.0. The van der Waals surface area contributed by atoms with Crippen molar-refractivity contribution in [1.29, 1.82) is 0 Å². The van der Waals surface area contributed by atoms with Crippen LogP contribution in [0.5, 0.6) is 0 Å². The van der Waals surface area contributed by atoms with Gasteiger partial charge >= 0.3 is 16.8 Å². The Kier molecular flexibility index (Phi) is 10.2. The lowest BCUT2D eigenvalue weighted by Crippen LogP contribution is -2.67. The summed E-state index contributed by atoms with van der Waals surface area (Å²) in [5.41, 5.74) is 5.72. The molecule has 1 fully saturated rings. The molecule has 6 aromatic rings. The van der Waals surface area contributed by atoms with Crippen molar-refractivity contribution in [2.75, 3.05) is 12.3 Å². The van der Waals surface area contributed by atoms with Crippen LogP contribution >= 0.6 is 11.3 Å². The van der Waals surface area contributed by atoms with E-state index < -0.39 is 60.3 Å². The number of aromatic amines is 1. The summed E-state index contributed by atoms with van der Waals surface area (Å²) < 4.78 is 27.4. The van der Waals surface area contributed by atoms with E-state index in [1.807, 2.05) is 60.7 Å². The molecule has 0 bridgehead atoms. The first-order chi connectivity index (χ1) is 26.0. The summed E-state index contributed by atoms with van der Waals surface area (Å²) in [6, 6.07) is 36.6. The molecule has 14 heteroatoms. The van der Waals surface area contributed by atoms with E-state index in [4.69, 9.17) is 24.4 Å². The molecular formula is C40H38N4O8SSi. The van der Waals surface area contributed by atoms with Crippen molar-refractivity contribution in [3.05, 3.63) is 152 Å². The zero-order chi connectivity index (χ0) is 38.0. The van der Waals surface area contributed by atoms with Gasteiger partial charge in [-0.1, -0.05) is 129 Å². The second-order valence-electron chi connectivity index (χ2n) is 13.9. The van der Waals surface area contributed by atoms with Crippen LogP contribution in [-0.4, -0.2) is 59.7 Å². The number of rotatable bonds is 10. The number of ether oxygens (including phenoxy) is 3. The molecule has 0 aliphatic carbocycles. The van der Waals surface area contributed by atoms with Gasteiger partial charge in [0.2, 0.25) is 5.95 Å². The topological polar surface area (TPSA) is 165 Å². The van der Waals surface area contributed by atoms with Crippen LogP contribution < -0.4 is 26.5 Å². The van der Waals surface area contributed by atoms with Gasteiger partial charge in [-0.2, -0.15) is 4.98 Å². The number of esters is 2. The maximum atomic E-state index is 13.8. The summed E-state index contributed by atoms with van der Waals surface area (Å²) in [5.74, 6) is -1.68. The molecule has 0 radical (unpaired) electrons. The third kappa shape index (κ3) is 6.91. The van der Waals surface area contributed by atoms with Crippen LogP contribution in [0.2, 0.25) is 5.04 Å². The Hall–Kier alpha value is -5.67. The fraction of sp³-hybridized carbons (Fsp3) is 0.225. The molecule has 7 rings (SSSR count). The summed E-state index contributed by atoms with van der Waals surface area (Å²) in [6.07, 6.45) is -5.20. The van der Waals surface area contributed by atoms with E-state index in [1.54, 1.807) is 60.7 Å². The van der Waals surface area contributed by atoms with Crippen LogP contribution in [0.3, 0.4) is 0 Å². The first-order valence-electron chi connectivity index (χ1n) is 17.3. The molecule has 1 aliphatic heterocycles. The van der Waals surface area contributed by atoms with Crippen LogP contribution in [0.4, 0.5) is 5.95 Å². The van der Waals surface area contributed by atoms with Crippen LogP contribution in [-0.2, 0) is 18.6 Å². The number of nitrogen functional groups attached to an aromatic ring is 1. The van der Waals surface area contributed by atoms with Crippen LogP contribution in [0, 0.1) is 0 Å². The number of nitrogens with one attached hydrogen (secondary N) is 1. The predicted molar refractivity (Wildman–Crippen MR) is 208 cm³/mol. The number of hydrogen-bond acceptors (Lipinski definition) is 11. The fourth-order valence-electron chi connectivity index (χ4n) is 6.99. The van der Waals surface area contributed by atoms with E-state index in [0.717, 1.165) is 14.9 Å². The lowest BCUT2D eigenvalue weighted by Gasteiger charge is -2.43. The zero-order valence-corrected chi connectivity index (χ0v) is 31.5. The van der Waals surface area contributed by atoms with E-state index in [1.165, 1.54) is 0 Å². The Morgan fingerprint density at radius 3 is 1.78 bits per heavy atom. The van der Waals surface area contributed by atoms with E-state index in [0.29, 0.717) is 11.3 Å².